The van der Waals surface area contributed by atoms with Gasteiger partial charge in [0.25, 0.3) is 0 Å². The molecule has 18 heavy (non-hydrogen) atoms. The zero-order valence-corrected chi connectivity index (χ0v) is 11.0. The maximum absolute atomic E-state index is 5.80. The molecule has 2 atom stereocenters. The Hall–Kier alpha value is -1.55. The summed E-state index contributed by atoms with van der Waals surface area (Å²) in [6.07, 6.45) is 3.16. The third-order valence-corrected chi connectivity index (χ3v) is 4.02. The van der Waals surface area contributed by atoms with Crippen LogP contribution in [0.3, 0.4) is 0 Å². The lowest BCUT2D eigenvalue weighted by Crippen LogP contribution is -2.37. The van der Waals surface area contributed by atoms with E-state index in [0.717, 1.165) is 24.3 Å². The fraction of sp³-hybridized carbons (Fsp3) is 0.500. The maximum Gasteiger partial charge on any atom is 0.0961 e. The molecule has 1 fully saturated rings. The predicted octanol–water partition coefficient (Wildman–Crippen LogP) is 2.13. The summed E-state index contributed by atoms with van der Waals surface area (Å²) < 4.78 is 2.33. The lowest BCUT2D eigenvalue weighted by atomic mass is 9.94. The second-order valence-corrected chi connectivity index (χ2v) is 5.50. The van der Waals surface area contributed by atoms with Crippen LogP contribution in [0.4, 0.5) is 5.69 Å². The first-order valence-electron chi connectivity index (χ1n) is 6.56. The van der Waals surface area contributed by atoms with E-state index < -0.39 is 0 Å². The van der Waals surface area contributed by atoms with Crippen LogP contribution in [0.5, 0.6) is 0 Å². The molecule has 0 aliphatic carbocycles. The van der Waals surface area contributed by atoms with Gasteiger partial charge in [0.15, 0.2) is 0 Å². The van der Waals surface area contributed by atoms with Crippen LogP contribution in [-0.2, 0) is 0 Å². The highest BCUT2D eigenvalue weighted by Crippen LogP contribution is 2.30. The van der Waals surface area contributed by atoms with E-state index in [1.807, 2.05) is 18.5 Å². The molecule has 2 unspecified atom stereocenters. The molecule has 96 valence electrons. The summed E-state index contributed by atoms with van der Waals surface area (Å²) in [5, 5.41) is 0. The normalized spacial score (nSPS) is 25.7. The van der Waals surface area contributed by atoms with Crippen LogP contribution >= 0.6 is 0 Å². The Morgan fingerprint density at radius 3 is 3.00 bits per heavy atom. The highest BCUT2D eigenvalue weighted by atomic mass is 15.2. The van der Waals surface area contributed by atoms with Gasteiger partial charge in [0.05, 0.1) is 17.4 Å². The van der Waals surface area contributed by atoms with Crippen molar-refractivity contribution in [3.8, 4) is 0 Å². The quantitative estimate of drug-likeness (QED) is 0.782. The second kappa shape index (κ2) is 4.28. The molecule has 2 heterocycles. The molecule has 1 aliphatic heterocycles. The Morgan fingerprint density at radius 2 is 2.22 bits per heavy atom. The number of nitrogens with zero attached hydrogens (tertiary/aromatic N) is 3. The number of benzene rings is 1. The van der Waals surface area contributed by atoms with E-state index in [2.05, 4.69) is 34.5 Å². The van der Waals surface area contributed by atoms with E-state index >= 15 is 0 Å². The Kier molecular flexibility index (Phi) is 2.74. The molecule has 0 bridgehead atoms. The molecule has 2 aromatic rings. The molecule has 2 N–H and O–H groups in total. The zero-order chi connectivity index (χ0) is 12.7. The molecule has 1 aromatic carbocycles. The topological polar surface area (TPSA) is 47.1 Å². The van der Waals surface area contributed by atoms with Gasteiger partial charge in [0, 0.05) is 18.3 Å². The summed E-state index contributed by atoms with van der Waals surface area (Å²) in [7, 11) is 2.19. The van der Waals surface area contributed by atoms with Gasteiger partial charge in [-0.2, -0.15) is 0 Å². The van der Waals surface area contributed by atoms with Crippen LogP contribution in [0.1, 0.15) is 19.4 Å². The molecule has 1 aromatic heterocycles. The van der Waals surface area contributed by atoms with Crippen molar-refractivity contribution in [3.63, 3.8) is 0 Å². The lowest BCUT2D eigenvalue weighted by molar-refractivity contribution is 0.161. The van der Waals surface area contributed by atoms with Crippen molar-refractivity contribution < 1.29 is 0 Å². The first-order chi connectivity index (χ1) is 8.65. The monoisotopic (exact) mass is 244 g/mol. The van der Waals surface area contributed by atoms with E-state index in [-0.39, 0.29) is 0 Å². The minimum atomic E-state index is 0.551. The average Bonchev–Trinajstić information content (AvgIpc) is 2.72. The molecule has 0 amide bonds. The number of piperidine rings is 1. The number of likely N-dealkylation sites (tertiary alicyclic amines) is 1. The molecule has 1 aliphatic rings. The van der Waals surface area contributed by atoms with E-state index in [4.69, 9.17) is 5.73 Å². The molecule has 4 nitrogen and oxygen atoms in total. The SMILES string of the molecule is CC1CN(C)CCC1n1cnc2cc(N)ccc21. The summed E-state index contributed by atoms with van der Waals surface area (Å²) in [5.41, 5.74) is 8.78. The molecular weight excluding hydrogens is 224 g/mol. The van der Waals surface area contributed by atoms with Gasteiger partial charge >= 0.3 is 0 Å². The van der Waals surface area contributed by atoms with Crippen molar-refractivity contribution in [1.82, 2.24) is 14.5 Å². The van der Waals surface area contributed by atoms with Crippen molar-refractivity contribution >= 4 is 16.7 Å². The first-order valence-corrected chi connectivity index (χ1v) is 6.56. The smallest absolute Gasteiger partial charge is 0.0961 e. The molecule has 1 saturated heterocycles. The van der Waals surface area contributed by atoms with E-state index in [1.165, 1.54) is 11.9 Å². The minimum Gasteiger partial charge on any atom is -0.399 e. The lowest BCUT2D eigenvalue weighted by Gasteiger charge is -2.35. The number of imidazole rings is 1. The van der Waals surface area contributed by atoms with Crippen LogP contribution < -0.4 is 5.73 Å². The van der Waals surface area contributed by atoms with Gasteiger partial charge in [0.1, 0.15) is 0 Å². The molecule has 4 heteroatoms. The van der Waals surface area contributed by atoms with Gasteiger partial charge in [-0.15, -0.1) is 0 Å². The predicted molar refractivity (Wildman–Crippen MR) is 74.5 cm³/mol. The molecule has 0 spiro atoms. The standard InChI is InChI=1S/C14H20N4/c1-10-8-17(2)6-5-13(10)18-9-16-12-7-11(15)3-4-14(12)18/h3-4,7,9-10,13H,5-6,8,15H2,1-2H3. The van der Waals surface area contributed by atoms with Gasteiger partial charge in [-0.1, -0.05) is 6.92 Å². The number of hydrogen-bond donors (Lipinski definition) is 1. The Labute approximate surface area is 107 Å². The summed E-state index contributed by atoms with van der Waals surface area (Å²) >= 11 is 0. The summed E-state index contributed by atoms with van der Waals surface area (Å²) in [6.45, 7) is 4.63. The van der Waals surface area contributed by atoms with Crippen molar-refractivity contribution in [2.24, 2.45) is 5.92 Å². The van der Waals surface area contributed by atoms with Crippen molar-refractivity contribution in [3.05, 3.63) is 24.5 Å². The van der Waals surface area contributed by atoms with Crippen LogP contribution in [-0.4, -0.2) is 34.6 Å². The first kappa shape index (κ1) is 11.5. The average molecular weight is 244 g/mol. The third kappa shape index (κ3) is 1.86. The van der Waals surface area contributed by atoms with Crippen LogP contribution in [0.25, 0.3) is 11.0 Å². The largest absolute Gasteiger partial charge is 0.399 e. The maximum atomic E-state index is 5.80. The Balaban J connectivity index is 1.99. The summed E-state index contributed by atoms with van der Waals surface area (Å²) in [5.74, 6) is 0.652. The second-order valence-electron chi connectivity index (χ2n) is 5.50. The summed E-state index contributed by atoms with van der Waals surface area (Å²) in [4.78, 5) is 6.88. The highest BCUT2D eigenvalue weighted by Gasteiger charge is 2.26. The van der Waals surface area contributed by atoms with Gasteiger partial charge in [-0.3, -0.25) is 0 Å². The van der Waals surface area contributed by atoms with Crippen LogP contribution in [0.2, 0.25) is 0 Å². The molecule has 3 rings (SSSR count). The highest BCUT2D eigenvalue weighted by molar-refractivity contribution is 5.79. The van der Waals surface area contributed by atoms with Crippen molar-refractivity contribution in [1.29, 1.82) is 0 Å². The fourth-order valence-electron chi connectivity index (χ4n) is 3.07. The molecule has 0 radical (unpaired) electrons. The van der Waals surface area contributed by atoms with Gasteiger partial charge in [0.2, 0.25) is 0 Å². The Morgan fingerprint density at radius 1 is 1.39 bits per heavy atom. The summed E-state index contributed by atoms with van der Waals surface area (Å²) in [6, 6.07) is 6.55. The number of nitrogen functional groups attached to an aromatic ring is 1. The zero-order valence-electron chi connectivity index (χ0n) is 11.0. The molecule has 0 saturated carbocycles. The Bertz CT molecular complexity index is 560. The van der Waals surface area contributed by atoms with Crippen molar-refractivity contribution in [2.75, 3.05) is 25.9 Å². The number of fused-ring (bicyclic) bond motifs is 1. The number of anilines is 1. The van der Waals surface area contributed by atoms with E-state index in [1.54, 1.807) is 0 Å². The van der Waals surface area contributed by atoms with Crippen LogP contribution in [0.15, 0.2) is 24.5 Å². The minimum absolute atomic E-state index is 0.551. The van der Waals surface area contributed by atoms with E-state index in [9.17, 15) is 0 Å². The van der Waals surface area contributed by atoms with Gasteiger partial charge < -0.3 is 15.2 Å². The van der Waals surface area contributed by atoms with Crippen LogP contribution in [0, 0.1) is 5.92 Å². The molecular formula is C14H20N4. The fourth-order valence-corrected chi connectivity index (χ4v) is 3.07. The van der Waals surface area contributed by atoms with E-state index in [0.29, 0.717) is 12.0 Å². The van der Waals surface area contributed by atoms with Crippen molar-refractivity contribution in [2.45, 2.75) is 19.4 Å². The number of rotatable bonds is 1. The third-order valence-electron chi connectivity index (χ3n) is 4.02. The number of nitrogens with two attached hydrogens (primary N) is 1. The van der Waals surface area contributed by atoms with Gasteiger partial charge in [-0.25, -0.2) is 4.98 Å². The van der Waals surface area contributed by atoms with Gasteiger partial charge in [-0.05, 0) is 44.1 Å². The number of hydrogen-bond acceptors (Lipinski definition) is 3. The number of aromatic nitrogens is 2.